The number of amides is 1. The second kappa shape index (κ2) is 6.02. The summed E-state index contributed by atoms with van der Waals surface area (Å²) < 4.78 is 0.762. The van der Waals surface area contributed by atoms with Crippen molar-refractivity contribution in [1.82, 2.24) is 10.2 Å². The molecule has 1 fully saturated rings. The molecular formula is C12H18ClN3OS. The quantitative estimate of drug-likeness (QED) is 0.885. The van der Waals surface area contributed by atoms with Gasteiger partial charge in [0.2, 0.25) is 5.91 Å². The molecule has 0 bridgehead atoms. The predicted octanol–water partition coefficient (Wildman–Crippen LogP) is 1.61. The maximum Gasteiger partial charge on any atom is 0.237 e. The van der Waals surface area contributed by atoms with E-state index in [0.29, 0.717) is 13.1 Å². The summed E-state index contributed by atoms with van der Waals surface area (Å²) in [6.07, 6.45) is 0.793. The Kier molecular flexibility index (Phi) is 4.61. The van der Waals surface area contributed by atoms with Gasteiger partial charge in [0, 0.05) is 24.5 Å². The number of carbonyl (C=O) groups is 1. The highest BCUT2D eigenvalue weighted by molar-refractivity contribution is 7.16. The van der Waals surface area contributed by atoms with Crippen LogP contribution in [0.5, 0.6) is 0 Å². The van der Waals surface area contributed by atoms with E-state index in [1.807, 2.05) is 19.1 Å². The minimum atomic E-state index is -0.0897. The van der Waals surface area contributed by atoms with Crippen molar-refractivity contribution in [3.8, 4) is 0 Å². The molecule has 2 heterocycles. The second-order valence-corrected chi connectivity index (χ2v) is 6.09. The standard InChI is InChI=1S/C12H18ClN3OS/c1-2-8-12(17)15-5-6-16(8)9(7-14)10-3-4-11(13)18-10/h3-4,8-9H,2,5-7,14H2,1H3,(H,15,17). The highest BCUT2D eigenvalue weighted by Gasteiger charge is 2.33. The molecular weight excluding hydrogens is 270 g/mol. The van der Waals surface area contributed by atoms with Crippen molar-refractivity contribution in [2.45, 2.75) is 25.4 Å². The van der Waals surface area contributed by atoms with Crippen molar-refractivity contribution < 1.29 is 4.79 Å². The Morgan fingerprint density at radius 2 is 2.44 bits per heavy atom. The van der Waals surface area contributed by atoms with Gasteiger partial charge in [-0.1, -0.05) is 18.5 Å². The third kappa shape index (κ3) is 2.69. The summed E-state index contributed by atoms with van der Waals surface area (Å²) >= 11 is 7.52. The van der Waals surface area contributed by atoms with Crippen molar-refractivity contribution in [3.05, 3.63) is 21.3 Å². The Morgan fingerprint density at radius 1 is 1.67 bits per heavy atom. The first kappa shape index (κ1) is 13.8. The summed E-state index contributed by atoms with van der Waals surface area (Å²) in [6, 6.07) is 3.88. The Labute approximate surface area is 116 Å². The monoisotopic (exact) mass is 287 g/mol. The average molecular weight is 288 g/mol. The maximum absolute atomic E-state index is 11.9. The number of nitrogens with one attached hydrogen (secondary N) is 1. The lowest BCUT2D eigenvalue weighted by Crippen LogP contribution is -2.56. The van der Waals surface area contributed by atoms with Gasteiger partial charge in [0.1, 0.15) is 0 Å². The van der Waals surface area contributed by atoms with E-state index in [9.17, 15) is 4.79 Å². The van der Waals surface area contributed by atoms with Crippen molar-refractivity contribution in [2.24, 2.45) is 5.73 Å². The van der Waals surface area contributed by atoms with Gasteiger partial charge in [0.15, 0.2) is 0 Å². The highest BCUT2D eigenvalue weighted by Crippen LogP contribution is 2.32. The molecule has 1 aromatic heterocycles. The first-order valence-corrected chi connectivity index (χ1v) is 7.35. The van der Waals surface area contributed by atoms with E-state index >= 15 is 0 Å². The van der Waals surface area contributed by atoms with Crippen LogP contribution < -0.4 is 11.1 Å². The zero-order chi connectivity index (χ0) is 13.1. The number of nitrogens with zero attached hydrogens (tertiary/aromatic N) is 1. The first-order chi connectivity index (χ1) is 8.67. The molecule has 0 radical (unpaired) electrons. The molecule has 1 aromatic rings. The van der Waals surface area contributed by atoms with Crippen molar-refractivity contribution in [3.63, 3.8) is 0 Å². The van der Waals surface area contributed by atoms with E-state index in [0.717, 1.165) is 22.2 Å². The molecule has 3 N–H and O–H groups in total. The molecule has 100 valence electrons. The zero-order valence-electron chi connectivity index (χ0n) is 10.4. The Hall–Kier alpha value is -0.620. The lowest BCUT2D eigenvalue weighted by Gasteiger charge is -2.39. The van der Waals surface area contributed by atoms with Gasteiger partial charge in [-0.15, -0.1) is 11.3 Å². The number of hydrogen-bond acceptors (Lipinski definition) is 4. The van der Waals surface area contributed by atoms with E-state index in [1.165, 1.54) is 11.3 Å². The molecule has 4 nitrogen and oxygen atoms in total. The molecule has 1 saturated heterocycles. The minimum Gasteiger partial charge on any atom is -0.353 e. The van der Waals surface area contributed by atoms with Gasteiger partial charge in [-0.3, -0.25) is 9.69 Å². The van der Waals surface area contributed by atoms with Crippen LogP contribution in [0.3, 0.4) is 0 Å². The Balaban J connectivity index is 2.23. The lowest BCUT2D eigenvalue weighted by molar-refractivity contribution is -0.130. The van der Waals surface area contributed by atoms with Gasteiger partial charge >= 0.3 is 0 Å². The molecule has 0 aromatic carbocycles. The Morgan fingerprint density at radius 3 is 3.00 bits per heavy atom. The van der Waals surface area contributed by atoms with Gasteiger partial charge in [-0.05, 0) is 18.6 Å². The zero-order valence-corrected chi connectivity index (χ0v) is 11.9. The van der Waals surface area contributed by atoms with Gasteiger partial charge in [0.25, 0.3) is 0 Å². The minimum absolute atomic E-state index is 0.0819. The molecule has 2 unspecified atom stereocenters. The molecule has 0 saturated carbocycles. The molecule has 1 amide bonds. The normalized spacial score (nSPS) is 22.8. The topological polar surface area (TPSA) is 58.4 Å². The molecule has 6 heteroatoms. The number of nitrogens with two attached hydrogens (primary N) is 1. The van der Waals surface area contributed by atoms with Gasteiger partial charge < -0.3 is 11.1 Å². The molecule has 1 aliphatic rings. The number of piperazine rings is 1. The third-order valence-electron chi connectivity index (χ3n) is 3.30. The summed E-state index contributed by atoms with van der Waals surface area (Å²) in [5.74, 6) is 0.102. The van der Waals surface area contributed by atoms with E-state index in [2.05, 4.69) is 10.2 Å². The smallest absolute Gasteiger partial charge is 0.237 e. The van der Waals surface area contributed by atoms with Gasteiger partial charge in [0.05, 0.1) is 16.4 Å². The van der Waals surface area contributed by atoms with E-state index in [4.69, 9.17) is 17.3 Å². The number of carbonyl (C=O) groups excluding carboxylic acids is 1. The van der Waals surface area contributed by atoms with Crippen LogP contribution in [0, 0.1) is 0 Å². The van der Waals surface area contributed by atoms with Crippen LogP contribution in [-0.4, -0.2) is 36.5 Å². The summed E-state index contributed by atoms with van der Waals surface area (Å²) in [7, 11) is 0. The van der Waals surface area contributed by atoms with E-state index in [1.54, 1.807) is 0 Å². The van der Waals surface area contributed by atoms with Crippen LogP contribution >= 0.6 is 22.9 Å². The number of thiophene rings is 1. The average Bonchev–Trinajstić information content (AvgIpc) is 2.77. The van der Waals surface area contributed by atoms with Crippen LogP contribution in [0.1, 0.15) is 24.3 Å². The van der Waals surface area contributed by atoms with Gasteiger partial charge in [-0.25, -0.2) is 0 Å². The fraction of sp³-hybridized carbons (Fsp3) is 0.583. The fourth-order valence-electron chi connectivity index (χ4n) is 2.45. The van der Waals surface area contributed by atoms with Gasteiger partial charge in [-0.2, -0.15) is 0 Å². The maximum atomic E-state index is 11.9. The van der Waals surface area contributed by atoms with Crippen LogP contribution in [0.2, 0.25) is 4.34 Å². The number of halogens is 1. The molecule has 18 heavy (non-hydrogen) atoms. The van der Waals surface area contributed by atoms with Crippen LogP contribution in [0.4, 0.5) is 0 Å². The van der Waals surface area contributed by atoms with E-state index < -0.39 is 0 Å². The van der Waals surface area contributed by atoms with Crippen molar-refractivity contribution in [2.75, 3.05) is 19.6 Å². The highest BCUT2D eigenvalue weighted by atomic mass is 35.5. The molecule has 1 aliphatic heterocycles. The Bertz CT molecular complexity index is 423. The summed E-state index contributed by atoms with van der Waals surface area (Å²) in [5, 5.41) is 2.90. The van der Waals surface area contributed by atoms with Crippen molar-refractivity contribution >= 4 is 28.8 Å². The molecule has 2 atom stereocenters. The number of rotatable bonds is 4. The van der Waals surface area contributed by atoms with Crippen molar-refractivity contribution in [1.29, 1.82) is 0 Å². The van der Waals surface area contributed by atoms with Crippen LogP contribution in [-0.2, 0) is 4.79 Å². The second-order valence-electron chi connectivity index (χ2n) is 4.35. The molecule has 0 aliphatic carbocycles. The first-order valence-electron chi connectivity index (χ1n) is 6.16. The fourth-order valence-corrected chi connectivity index (χ4v) is 3.64. The largest absolute Gasteiger partial charge is 0.353 e. The summed E-state index contributed by atoms with van der Waals surface area (Å²) in [4.78, 5) is 15.2. The van der Waals surface area contributed by atoms with E-state index in [-0.39, 0.29) is 18.0 Å². The summed E-state index contributed by atoms with van der Waals surface area (Å²) in [5.41, 5.74) is 5.90. The van der Waals surface area contributed by atoms with Crippen LogP contribution in [0.25, 0.3) is 0 Å². The third-order valence-corrected chi connectivity index (χ3v) is 4.64. The SMILES string of the molecule is CCC1C(=O)NCCN1C(CN)c1ccc(Cl)s1. The molecule has 2 rings (SSSR count). The summed E-state index contributed by atoms with van der Waals surface area (Å²) in [6.45, 7) is 4.05. The number of hydrogen-bond donors (Lipinski definition) is 2. The molecule has 0 spiro atoms. The van der Waals surface area contributed by atoms with Crippen LogP contribution in [0.15, 0.2) is 12.1 Å². The predicted molar refractivity (Wildman–Crippen MR) is 74.9 cm³/mol. The lowest BCUT2D eigenvalue weighted by atomic mass is 10.1.